The first-order chi connectivity index (χ1) is 9.24. The minimum atomic E-state index is 0.621. The molecule has 2 fully saturated rings. The third-order valence-corrected chi connectivity index (χ3v) is 5.69. The van der Waals surface area contributed by atoms with E-state index in [9.17, 15) is 0 Å². The van der Waals surface area contributed by atoms with Gasteiger partial charge in [0.05, 0.1) is 0 Å². The molecular formula is C17H34N2. The van der Waals surface area contributed by atoms with Crippen molar-refractivity contribution in [3.63, 3.8) is 0 Å². The summed E-state index contributed by atoms with van der Waals surface area (Å²) in [7, 11) is 2.31. The molecule has 0 saturated heterocycles. The van der Waals surface area contributed by atoms with Crippen LogP contribution >= 0.6 is 0 Å². The zero-order valence-corrected chi connectivity index (χ0v) is 13.1. The molecule has 19 heavy (non-hydrogen) atoms. The van der Waals surface area contributed by atoms with Crippen molar-refractivity contribution >= 4 is 0 Å². The van der Waals surface area contributed by atoms with Crippen molar-refractivity contribution in [3.8, 4) is 0 Å². The van der Waals surface area contributed by atoms with Gasteiger partial charge in [0, 0.05) is 19.1 Å². The van der Waals surface area contributed by atoms with Crippen molar-refractivity contribution in [1.29, 1.82) is 0 Å². The van der Waals surface area contributed by atoms with E-state index in [-0.39, 0.29) is 0 Å². The zero-order chi connectivity index (χ0) is 13.7. The van der Waals surface area contributed by atoms with Crippen molar-refractivity contribution in [3.05, 3.63) is 0 Å². The number of nitrogens with zero attached hydrogens (tertiary/aromatic N) is 1. The van der Waals surface area contributed by atoms with E-state index in [2.05, 4.69) is 18.9 Å². The molecule has 2 aliphatic carbocycles. The number of likely N-dealkylation sites (N-methyl/N-ethyl adjacent to an activating group) is 1. The Labute approximate surface area is 120 Å². The number of nitrogens with two attached hydrogens (primary N) is 1. The van der Waals surface area contributed by atoms with Crippen LogP contribution in [0, 0.1) is 17.8 Å². The van der Waals surface area contributed by atoms with Gasteiger partial charge in [0.2, 0.25) is 0 Å². The van der Waals surface area contributed by atoms with E-state index >= 15 is 0 Å². The Morgan fingerprint density at radius 3 is 2.58 bits per heavy atom. The first-order valence-corrected chi connectivity index (χ1v) is 8.64. The van der Waals surface area contributed by atoms with Gasteiger partial charge in [-0.2, -0.15) is 0 Å². The second-order valence-electron chi connectivity index (χ2n) is 7.11. The predicted octanol–water partition coefficient (Wildman–Crippen LogP) is 3.65. The van der Waals surface area contributed by atoms with Crippen molar-refractivity contribution < 1.29 is 0 Å². The average Bonchev–Trinajstić information content (AvgIpc) is 3.01. The summed E-state index contributed by atoms with van der Waals surface area (Å²) in [5, 5.41) is 0. The first kappa shape index (κ1) is 15.3. The van der Waals surface area contributed by atoms with Crippen LogP contribution in [0.4, 0.5) is 0 Å². The van der Waals surface area contributed by atoms with E-state index < -0.39 is 0 Å². The lowest BCUT2D eigenvalue weighted by molar-refractivity contribution is 0.167. The van der Waals surface area contributed by atoms with Gasteiger partial charge in [-0.1, -0.05) is 39.0 Å². The lowest BCUT2D eigenvalue weighted by Gasteiger charge is -2.32. The summed E-state index contributed by atoms with van der Waals surface area (Å²) in [5.41, 5.74) is 6.00. The highest BCUT2D eigenvalue weighted by Gasteiger charge is 2.39. The SMILES string of the molecule is CCCCCCC(CN)N(C)CC1CC2CCC1C2. The van der Waals surface area contributed by atoms with Crippen molar-refractivity contribution in [2.45, 2.75) is 70.8 Å². The highest BCUT2D eigenvalue weighted by atomic mass is 15.1. The molecule has 2 aliphatic rings. The summed E-state index contributed by atoms with van der Waals surface area (Å²) in [6.07, 6.45) is 12.8. The Bertz CT molecular complexity index is 254. The molecule has 0 heterocycles. The molecule has 112 valence electrons. The number of rotatable bonds is 9. The van der Waals surface area contributed by atoms with Crippen molar-refractivity contribution in [2.75, 3.05) is 20.1 Å². The van der Waals surface area contributed by atoms with Crippen LogP contribution in [0.25, 0.3) is 0 Å². The Kier molecular flexibility index (Phi) is 6.15. The van der Waals surface area contributed by atoms with E-state index in [0.717, 1.165) is 24.3 Å². The van der Waals surface area contributed by atoms with Gasteiger partial charge >= 0.3 is 0 Å². The van der Waals surface area contributed by atoms with Crippen LogP contribution < -0.4 is 5.73 Å². The minimum Gasteiger partial charge on any atom is -0.329 e. The fourth-order valence-electron chi connectivity index (χ4n) is 4.44. The average molecular weight is 266 g/mol. The predicted molar refractivity (Wildman–Crippen MR) is 83.2 cm³/mol. The maximum atomic E-state index is 6.00. The molecule has 0 aliphatic heterocycles. The number of fused-ring (bicyclic) bond motifs is 2. The summed E-state index contributed by atoms with van der Waals surface area (Å²) in [5.74, 6) is 3.10. The molecule has 2 saturated carbocycles. The number of hydrogen-bond donors (Lipinski definition) is 1. The van der Waals surface area contributed by atoms with Crippen LogP contribution in [0.3, 0.4) is 0 Å². The highest BCUT2D eigenvalue weighted by molar-refractivity contribution is 4.91. The molecule has 2 bridgehead atoms. The molecule has 2 nitrogen and oxygen atoms in total. The molecule has 0 spiro atoms. The van der Waals surface area contributed by atoms with Crippen LogP contribution in [0.5, 0.6) is 0 Å². The summed E-state index contributed by atoms with van der Waals surface area (Å²) < 4.78 is 0. The quantitative estimate of drug-likeness (QED) is 0.645. The molecule has 4 atom stereocenters. The van der Waals surface area contributed by atoms with Crippen LogP contribution in [0.15, 0.2) is 0 Å². The third-order valence-electron chi connectivity index (χ3n) is 5.69. The molecule has 0 aromatic carbocycles. The smallest absolute Gasteiger partial charge is 0.0215 e. The Hall–Kier alpha value is -0.0800. The van der Waals surface area contributed by atoms with Crippen molar-refractivity contribution in [2.24, 2.45) is 23.5 Å². The van der Waals surface area contributed by atoms with Crippen LogP contribution in [0.1, 0.15) is 64.7 Å². The van der Waals surface area contributed by atoms with Gasteiger partial charge in [0.1, 0.15) is 0 Å². The summed E-state index contributed by atoms with van der Waals surface area (Å²) >= 11 is 0. The fraction of sp³-hybridized carbons (Fsp3) is 1.00. The monoisotopic (exact) mass is 266 g/mol. The molecule has 2 N–H and O–H groups in total. The minimum absolute atomic E-state index is 0.621. The molecule has 2 rings (SSSR count). The molecule has 4 unspecified atom stereocenters. The second kappa shape index (κ2) is 7.64. The van der Waals surface area contributed by atoms with E-state index in [1.54, 1.807) is 0 Å². The van der Waals surface area contributed by atoms with Gasteiger partial charge in [-0.15, -0.1) is 0 Å². The maximum absolute atomic E-state index is 6.00. The topological polar surface area (TPSA) is 29.3 Å². The maximum Gasteiger partial charge on any atom is 0.0215 e. The molecular weight excluding hydrogens is 232 g/mol. The first-order valence-electron chi connectivity index (χ1n) is 8.64. The fourth-order valence-corrected chi connectivity index (χ4v) is 4.44. The Morgan fingerprint density at radius 1 is 1.16 bits per heavy atom. The van der Waals surface area contributed by atoms with E-state index in [4.69, 9.17) is 5.73 Å². The van der Waals surface area contributed by atoms with Crippen LogP contribution in [-0.4, -0.2) is 31.1 Å². The van der Waals surface area contributed by atoms with Crippen LogP contribution in [-0.2, 0) is 0 Å². The zero-order valence-electron chi connectivity index (χ0n) is 13.1. The van der Waals surface area contributed by atoms with Gasteiger partial charge in [-0.05, 0) is 50.5 Å². The van der Waals surface area contributed by atoms with E-state index in [0.29, 0.717) is 6.04 Å². The normalized spacial score (nSPS) is 31.3. The highest BCUT2D eigenvalue weighted by Crippen LogP contribution is 2.48. The van der Waals surface area contributed by atoms with E-state index in [1.807, 2.05) is 0 Å². The largest absolute Gasteiger partial charge is 0.329 e. The van der Waals surface area contributed by atoms with Gasteiger partial charge in [-0.3, -0.25) is 0 Å². The lowest BCUT2D eigenvalue weighted by Crippen LogP contribution is -2.41. The second-order valence-corrected chi connectivity index (χ2v) is 7.11. The summed E-state index contributed by atoms with van der Waals surface area (Å²) in [6, 6.07) is 0.621. The van der Waals surface area contributed by atoms with Gasteiger partial charge in [0.25, 0.3) is 0 Å². The summed E-state index contributed by atoms with van der Waals surface area (Å²) in [4.78, 5) is 2.58. The Morgan fingerprint density at radius 2 is 2.00 bits per heavy atom. The Balaban J connectivity index is 1.69. The third kappa shape index (κ3) is 4.19. The molecule has 2 heteroatoms. The van der Waals surface area contributed by atoms with E-state index in [1.165, 1.54) is 64.3 Å². The summed E-state index contributed by atoms with van der Waals surface area (Å²) in [6.45, 7) is 4.42. The number of unbranched alkanes of at least 4 members (excludes halogenated alkanes) is 3. The van der Waals surface area contributed by atoms with Gasteiger partial charge < -0.3 is 10.6 Å². The van der Waals surface area contributed by atoms with Crippen molar-refractivity contribution in [1.82, 2.24) is 4.90 Å². The molecule has 0 radical (unpaired) electrons. The molecule has 0 amide bonds. The molecule has 0 aromatic heterocycles. The lowest BCUT2D eigenvalue weighted by atomic mass is 9.88. The van der Waals surface area contributed by atoms with Crippen LogP contribution in [0.2, 0.25) is 0 Å². The number of hydrogen-bond acceptors (Lipinski definition) is 2. The van der Waals surface area contributed by atoms with Gasteiger partial charge in [0.15, 0.2) is 0 Å². The standard InChI is InChI=1S/C17H34N2/c1-3-4-5-6-7-17(12-18)19(2)13-16-11-14-8-9-15(16)10-14/h14-17H,3-13,18H2,1-2H3. The molecule has 0 aromatic rings. The van der Waals surface area contributed by atoms with Gasteiger partial charge in [-0.25, -0.2) is 0 Å².